The third-order valence-corrected chi connectivity index (χ3v) is 4.97. The maximum Gasteiger partial charge on any atom is 0.305 e. The number of aliphatic carboxylic acids is 1. The lowest BCUT2D eigenvalue weighted by Gasteiger charge is -2.27. The number of nitrogen functional groups attached to an aromatic ring is 1. The van der Waals surface area contributed by atoms with Gasteiger partial charge in [0.2, 0.25) is 11.8 Å². The van der Waals surface area contributed by atoms with Gasteiger partial charge < -0.3 is 31.2 Å². The van der Waals surface area contributed by atoms with Gasteiger partial charge in [0.1, 0.15) is 18.4 Å². The van der Waals surface area contributed by atoms with Crippen molar-refractivity contribution in [2.75, 3.05) is 12.3 Å². The number of benzene rings is 1. The third kappa shape index (κ3) is 5.56. The Morgan fingerprint density at radius 2 is 2.00 bits per heavy atom. The third-order valence-electron chi connectivity index (χ3n) is 4.97. The number of aryl methyl sites for hydroxylation is 1. The monoisotopic (exact) mass is 418 g/mol. The zero-order chi connectivity index (χ0) is 22.4. The van der Waals surface area contributed by atoms with Crippen molar-refractivity contribution in [1.82, 2.24) is 15.5 Å². The number of nitrogens with two attached hydrogens (primary N) is 1. The number of carboxylic acid groups (broad SMARTS) is 1. The molecule has 5 N–H and O–H groups in total. The van der Waals surface area contributed by atoms with Crippen LogP contribution >= 0.6 is 0 Å². The summed E-state index contributed by atoms with van der Waals surface area (Å²) in [5.41, 5.74) is 7.41. The molecule has 30 heavy (non-hydrogen) atoms. The normalized spacial score (nSPS) is 17.7. The van der Waals surface area contributed by atoms with E-state index in [0.29, 0.717) is 36.9 Å². The quantitative estimate of drug-likeness (QED) is 0.337. The highest BCUT2D eigenvalue weighted by Crippen LogP contribution is 2.19. The van der Waals surface area contributed by atoms with E-state index in [2.05, 4.69) is 10.6 Å². The molecule has 1 aromatic carbocycles. The summed E-state index contributed by atoms with van der Waals surface area (Å²) in [5.74, 6) is -2.69. The molecule has 0 saturated carbocycles. The van der Waals surface area contributed by atoms with E-state index in [4.69, 9.17) is 10.8 Å². The summed E-state index contributed by atoms with van der Waals surface area (Å²) in [6, 6.07) is 1.91. The Labute approximate surface area is 173 Å². The molecule has 1 aliphatic heterocycles. The summed E-state index contributed by atoms with van der Waals surface area (Å²) in [7, 11) is 0. The van der Waals surface area contributed by atoms with Gasteiger partial charge >= 0.3 is 5.97 Å². The molecule has 0 bridgehead atoms. The van der Waals surface area contributed by atoms with Crippen molar-refractivity contribution >= 4 is 35.7 Å². The maximum atomic E-state index is 12.8. The topological polar surface area (TPSA) is 159 Å². The number of hydrogen-bond acceptors (Lipinski definition) is 6. The molecule has 0 spiro atoms. The molecule has 1 heterocycles. The second kappa shape index (κ2) is 9.86. The van der Waals surface area contributed by atoms with Crippen LogP contribution in [-0.4, -0.2) is 64.7 Å². The van der Waals surface area contributed by atoms with Crippen molar-refractivity contribution in [1.29, 1.82) is 0 Å². The van der Waals surface area contributed by atoms with E-state index in [-0.39, 0.29) is 0 Å². The molecular formula is C20H26N4O6. The average Bonchev–Trinajstić information content (AvgIpc) is 3.18. The minimum absolute atomic E-state index is 0.322. The van der Waals surface area contributed by atoms with Gasteiger partial charge in [0, 0.05) is 17.8 Å². The molecule has 0 aliphatic carbocycles. The van der Waals surface area contributed by atoms with Crippen LogP contribution in [0.25, 0.3) is 0 Å². The van der Waals surface area contributed by atoms with Crippen LogP contribution in [0.2, 0.25) is 0 Å². The fourth-order valence-corrected chi connectivity index (χ4v) is 3.31. The fraction of sp³-hybridized carbons (Fsp3) is 0.450. The number of rotatable bonds is 8. The lowest BCUT2D eigenvalue weighted by atomic mass is 10.1. The number of carbonyl (C=O) groups excluding carboxylic acids is 4. The summed E-state index contributed by atoms with van der Waals surface area (Å²) in [6.45, 7) is 3.62. The molecule has 10 heteroatoms. The molecular weight excluding hydrogens is 392 g/mol. The summed E-state index contributed by atoms with van der Waals surface area (Å²) < 4.78 is 0. The van der Waals surface area contributed by atoms with Crippen molar-refractivity contribution in [2.24, 2.45) is 0 Å². The Kier molecular flexibility index (Phi) is 7.51. The number of carbonyl (C=O) groups is 5. The molecule has 0 aromatic heterocycles. The highest BCUT2D eigenvalue weighted by atomic mass is 16.4. The second-order valence-corrected chi connectivity index (χ2v) is 7.31. The first kappa shape index (κ1) is 22.9. The number of hydrogen-bond donors (Lipinski definition) is 4. The molecule has 1 fully saturated rings. The molecule has 1 aromatic rings. The highest BCUT2D eigenvalue weighted by Gasteiger charge is 2.37. The SMILES string of the molecule is Cc1cc(C(=O)NC(C)C(=O)N2CCCC2C(=O)NC(C=O)CC(=O)O)ccc1N. The van der Waals surface area contributed by atoms with E-state index in [9.17, 15) is 24.0 Å². The molecule has 1 saturated heterocycles. The van der Waals surface area contributed by atoms with Crippen LogP contribution < -0.4 is 16.4 Å². The predicted molar refractivity (Wildman–Crippen MR) is 108 cm³/mol. The second-order valence-electron chi connectivity index (χ2n) is 7.31. The van der Waals surface area contributed by atoms with E-state index >= 15 is 0 Å². The largest absolute Gasteiger partial charge is 0.481 e. The molecule has 3 atom stereocenters. The Balaban J connectivity index is 2.02. The first-order valence-corrected chi connectivity index (χ1v) is 9.59. The van der Waals surface area contributed by atoms with Crippen LogP contribution in [0.5, 0.6) is 0 Å². The van der Waals surface area contributed by atoms with Gasteiger partial charge in [-0.15, -0.1) is 0 Å². The lowest BCUT2D eigenvalue weighted by Crippen LogP contribution is -2.54. The molecule has 10 nitrogen and oxygen atoms in total. The minimum Gasteiger partial charge on any atom is -0.481 e. The van der Waals surface area contributed by atoms with E-state index in [1.807, 2.05) is 0 Å². The standard InChI is InChI=1S/C20H26N4O6/c1-11-8-13(5-6-15(11)21)18(28)22-12(2)20(30)24-7-3-4-16(24)19(29)23-14(10-25)9-17(26)27/h5-6,8,10,12,14,16H,3-4,7,9,21H2,1-2H3,(H,22,28)(H,23,29)(H,26,27). The fourth-order valence-electron chi connectivity index (χ4n) is 3.31. The van der Waals surface area contributed by atoms with Gasteiger partial charge in [-0.05, 0) is 50.5 Å². The van der Waals surface area contributed by atoms with Crippen molar-refractivity contribution in [3.63, 3.8) is 0 Å². The lowest BCUT2D eigenvalue weighted by molar-refractivity contribution is -0.141. The van der Waals surface area contributed by atoms with E-state index in [1.165, 1.54) is 11.8 Å². The number of nitrogens with one attached hydrogen (secondary N) is 2. The Bertz CT molecular complexity index is 856. The highest BCUT2D eigenvalue weighted by molar-refractivity contribution is 5.99. The Morgan fingerprint density at radius 1 is 1.30 bits per heavy atom. The predicted octanol–water partition coefficient (Wildman–Crippen LogP) is -0.155. The number of carboxylic acids is 1. The van der Waals surface area contributed by atoms with Crippen molar-refractivity contribution < 1.29 is 29.1 Å². The van der Waals surface area contributed by atoms with Crippen LogP contribution in [0.1, 0.15) is 42.1 Å². The number of likely N-dealkylation sites (tertiary alicyclic amines) is 1. The van der Waals surface area contributed by atoms with Gasteiger partial charge in [-0.25, -0.2) is 0 Å². The molecule has 3 amide bonds. The zero-order valence-corrected chi connectivity index (χ0v) is 16.9. The zero-order valence-electron chi connectivity index (χ0n) is 16.9. The van der Waals surface area contributed by atoms with E-state index in [0.717, 1.165) is 5.56 Å². The summed E-state index contributed by atoms with van der Waals surface area (Å²) in [6.07, 6.45) is 0.772. The number of anilines is 1. The van der Waals surface area contributed by atoms with Crippen molar-refractivity contribution in [3.8, 4) is 0 Å². The maximum absolute atomic E-state index is 12.8. The first-order valence-electron chi connectivity index (χ1n) is 9.59. The van der Waals surface area contributed by atoms with E-state index < -0.39 is 48.2 Å². The number of aldehydes is 1. The molecule has 162 valence electrons. The van der Waals surface area contributed by atoms with Gasteiger partial charge in [0.05, 0.1) is 12.5 Å². The molecule has 1 aliphatic rings. The van der Waals surface area contributed by atoms with E-state index in [1.54, 1.807) is 25.1 Å². The summed E-state index contributed by atoms with van der Waals surface area (Å²) in [4.78, 5) is 60.9. The van der Waals surface area contributed by atoms with Gasteiger partial charge in [0.25, 0.3) is 5.91 Å². The number of amides is 3. The minimum atomic E-state index is -1.22. The van der Waals surface area contributed by atoms with Crippen LogP contribution in [0, 0.1) is 6.92 Å². The van der Waals surface area contributed by atoms with Crippen LogP contribution in [0.15, 0.2) is 18.2 Å². The number of nitrogens with zero attached hydrogens (tertiary/aromatic N) is 1. The van der Waals surface area contributed by atoms with Gasteiger partial charge in [-0.1, -0.05) is 0 Å². The molecule has 2 rings (SSSR count). The van der Waals surface area contributed by atoms with Crippen LogP contribution in [0.4, 0.5) is 5.69 Å². The van der Waals surface area contributed by atoms with Gasteiger partial charge in [-0.3, -0.25) is 19.2 Å². The molecule has 0 radical (unpaired) electrons. The smallest absolute Gasteiger partial charge is 0.305 e. The van der Waals surface area contributed by atoms with Crippen LogP contribution in [-0.2, 0) is 19.2 Å². The van der Waals surface area contributed by atoms with Crippen LogP contribution in [0.3, 0.4) is 0 Å². The van der Waals surface area contributed by atoms with Gasteiger partial charge in [0.15, 0.2) is 0 Å². The average molecular weight is 418 g/mol. The summed E-state index contributed by atoms with van der Waals surface area (Å²) >= 11 is 0. The Hall–Kier alpha value is -3.43. The Morgan fingerprint density at radius 3 is 2.60 bits per heavy atom. The molecule has 3 unspecified atom stereocenters. The van der Waals surface area contributed by atoms with Crippen molar-refractivity contribution in [3.05, 3.63) is 29.3 Å². The summed E-state index contributed by atoms with van der Waals surface area (Å²) in [5, 5.41) is 13.8. The van der Waals surface area contributed by atoms with Crippen molar-refractivity contribution in [2.45, 2.75) is 51.2 Å². The van der Waals surface area contributed by atoms with Gasteiger partial charge in [-0.2, -0.15) is 0 Å². The first-order chi connectivity index (χ1) is 14.1.